The van der Waals surface area contributed by atoms with Crippen molar-refractivity contribution in [1.82, 2.24) is 20.0 Å². The first-order chi connectivity index (χ1) is 11.5. The highest BCUT2D eigenvalue weighted by Crippen LogP contribution is 2.28. The molecule has 3 aromatic rings. The van der Waals surface area contributed by atoms with Crippen molar-refractivity contribution in [3.8, 4) is 17.1 Å². The Labute approximate surface area is 146 Å². The molecule has 2 heterocycles. The van der Waals surface area contributed by atoms with E-state index < -0.39 is 0 Å². The van der Waals surface area contributed by atoms with Gasteiger partial charge in [0.05, 0.1) is 5.56 Å². The van der Waals surface area contributed by atoms with E-state index in [-0.39, 0.29) is 0 Å². The molecule has 0 fully saturated rings. The second-order valence-corrected chi connectivity index (χ2v) is 6.44. The number of nitrogens with one attached hydrogen (secondary N) is 1. The molecule has 0 amide bonds. The first kappa shape index (κ1) is 16.7. The number of hydrogen-bond donors (Lipinski definition) is 1. The second-order valence-electron chi connectivity index (χ2n) is 6.01. The van der Waals surface area contributed by atoms with Gasteiger partial charge in [-0.2, -0.15) is 4.98 Å². The Hall–Kier alpha value is -2.11. The molecule has 126 valence electrons. The van der Waals surface area contributed by atoms with Gasteiger partial charge in [0.25, 0.3) is 5.89 Å². The highest BCUT2D eigenvalue weighted by atomic mass is 35.5. The van der Waals surface area contributed by atoms with E-state index in [1.165, 1.54) is 0 Å². The number of likely N-dealkylation sites (N-methyl/N-ethyl adjacent to an activating group) is 1. The molecule has 0 aliphatic carbocycles. The fourth-order valence-electron chi connectivity index (χ4n) is 2.79. The standard InChI is InChI=1S/C18H21ClN4O/c1-11(20-4)9-17-21-18(24-22-17)16-10-12(2)23(13(16)3)15-7-5-14(19)6-8-15/h5-8,10-11,20H,9H2,1-4H3. The zero-order chi connectivity index (χ0) is 17.3. The summed E-state index contributed by atoms with van der Waals surface area (Å²) in [7, 11) is 1.92. The third-order valence-corrected chi connectivity index (χ3v) is 4.45. The largest absolute Gasteiger partial charge is 0.334 e. The number of aromatic nitrogens is 3. The molecule has 1 atom stereocenters. The summed E-state index contributed by atoms with van der Waals surface area (Å²) in [6.07, 6.45) is 0.732. The minimum Gasteiger partial charge on any atom is -0.334 e. The molecule has 0 aliphatic rings. The number of benzene rings is 1. The van der Waals surface area contributed by atoms with Crippen LogP contribution in [0.2, 0.25) is 5.02 Å². The number of halogens is 1. The Morgan fingerprint density at radius 2 is 1.96 bits per heavy atom. The van der Waals surface area contributed by atoms with E-state index in [1.807, 2.05) is 31.3 Å². The zero-order valence-electron chi connectivity index (χ0n) is 14.3. The molecule has 6 heteroatoms. The Morgan fingerprint density at radius 3 is 2.62 bits per heavy atom. The molecule has 2 aromatic heterocycles. The summed E-state index contributed by atoms with van der Waals surface area (Å²) in [6.45, 7) is 6.20. The average molecular weight is 345 g/mol. The lowest BCUT2D eigenvalue weighted by atomic mass is 10.2. The smallest absolute Gasteiger partial charge is 0.259 e. The highest BCUT2D eigenvalue weighted by molar-refractivity contribution is 6.30. The molecule has 5 nitrogen and oxygen atoms in total. The average Bonchev–Trinajstić information content (AvgIpc) is 3.13. The van der Waals surface area contributed by atoms with Crippen LogP contribution in [0.25, 0.3) is 17.1 Å². The van der Waals surface area contributed by atoms with Crippen LogP contribution in [-0.2, 0) is 6.42 Å². The van der Waals surface area contributed by atoms with Gasteiger partial charge in [-0.1, -0.05) is 16.8 Å². The summed E-state index contributed by atoms with van der Waals surface area (Å²) < 4.78 is 7.64. The number of hydrogen-bond acceptors (Lipinski definition) is 4. The molecule has 1 unspecified atom stereocenters. The molecule has 0 saturated heterocycles. The first-order valence-electron chi connectivity index (χ1n) is 7.94. The Bertz CT molecular complexity index is 835. The van der Waals surface area contributed by atoms with Gasteiger partial charge in [0, 0.05) is 34.6 Å². The van der Waals surface area contributed by atoms with Crippen LogP contribution in [-0.4, -0.2) is 27.8 Å². The maximum absolute atomic E-state index is 5.99. The number of aryl methyl sites for hydroxylation is 1. The summed E-state index contributed by atoms with van der Waals surface area (Å²) in [5, 5.41) is 7.99. The fraction of sp³-hybridized carbons (Fsp3) is 0.333. The Balaban J connectivity index is 1.96. The molecule has 0 spiro atoms. The summed E-state index contributed by atoms with van der Waals surface area (Å²) in [6, 6.07) is 10.2. The highest BCUT2D eigenvalue weighted by Gasteiger charge is 2.18. The molecule has 0 aliphatic heterocycles. The maximum atomic E-state index is 5.99. The van der Waals surface area contributed by atoms with Crippen molar-refractivity contribution in [3.63, 3.8) is 0 Å². The van der Waals surface area contributed by atoms with Crippen molar-refractivity contribution < 1.29 is 4.52 Å². The van der Waals surface area contributed by atoms with Crippen molar-refractivity contribution in [2.45, 2.75) is 33.2 Å². The van der Waals surface area contributed by atoms with E-state index in [0.29, 0.717) is 17.8 Å². The lowest BCUT2D eigenvalue weighted by Gasteiger charge is -2.09. The third-order valence-electron chi connectivity index (χ3n) is 4.20. The van der Waals surface area contributed by atoms with E-state index in [1.54, 1.807) is 0 Å². The van der Waals surface area contributed by atoms with Gasteiger partial charge >= 0.3 is 0 Å². The van der Waals surface area contributed by atoms with Gasteiger partial charge in [0.2, 0.25) is 0 Å². The van der Waals surface area contributed by atoms with Crippen LogP contribution in [0.4, 0.5) is 0 Å². The van der Waals surface area contributed by atoms with E-state index >= 15 is 0 Å². The molecular formula is C18H21ClN4O. The van der Waals surface area contributed by atoms with E-state index in [4.69, 9.17) is 16.1 Å². The van der Waals surface area contributed by atoms with Crippen molar-refractivity contribution in [2.75, 3.05) is 7.05 Å². The molecule has 1 aromatic carbocycles. The fourth-order valence-corrected chi connectivity index (χ4v) is 2.91. The van der Waals surface area contributed by atoms with Crippen molar-refractivity contribution in [1.29, 1.82) is 0 Å². The van der Waals surface area contributed by atoms with Gasteiger partial charge in [-0.3, -0.25) is 0 Å². The summed E-state index contributed by atoms with van der Waals surface area (Å²) in [5.74, 6) is 1.27. The van der Waals surface area contributed by atoms with Gasteiger partial charge in [-0.05, 0) is 58.2 Å². The van der Waals surface area contributed by atoms with Crippen LogP contribution in [0, 0.1) is 13.8 Å². The Kier molecular flexibility index (Phi) is 4.73. The van der Waals surface area contributed by atoms with Gasteiger partial charge in [0.1, 0.15) is 0 Å². The van der Waals surface area contributed by atoms with Crippen LogP contribution in [0.15, 0.2) is 34.9 Å². The summed E-state index contributed by atoms with van der Waals surface area (Å²) in [5.41, 5.74) is 4.18. The monoisotopic (exact) mass is 344 g/mol. The molecule has 24 heavy (non-hydrogen) atoms. The predicted molar refractivity (Wildman–Crippen MR) is 95.8 cm³/mol. The minimum absolute atomic E-state index is 0.303. The van der Waals surface area contributed by atoms with Crippen molar-refractivity contribution in [2.24, 2.45) is 0 Å². The van der Waals surface area contributed by atoms with Gasteiger partial charge in [-0.15, -0.1) is 0 Å². The van der Waals surface area contributed by atoms with Crippen LogP contribution >= 0.6 is 11.6 Å². The predicted octanol–water partition coefficient (Wildman–Crippen LogP) is 3.95. The van der Waals surface area contributed by atoms with E-state index in [2.05, 4.69) is 46.9 Å². The molecule has 0 radical (unpaired) electrons. The molecule has 1 N–H and O–H groups in total. The second kappa shape index (κ2) is 6.79. The molecule has 0 saturated carbocycles. The summed E-state index contributed by atoms with van der Waals surface area (Å²) in [4.78, 5) is 4.54. The molecular weight excluding hydrogens is 324 g/mol. The quantitative estimate of drug-likeness (QED) is 0.761. The SMILES string of the molecule is CNC(C)Cc1noc(-c2cc(C)n(-c3ccc(Cl)cc3)c2C)n1. The minimum atomic E-state index is 0.303. The first-order valence-corrected chi connectivity index (χ1v) is 8.32. The van der Waals surface area contributed by atoms with E-state index in [9.17, 15) is 0 Å². The topological polar surface area (TPSA) is 55.9 Å². The lowest BCUT2D eigenvalue weighted by Crippen LogP contribution is -2.24. The zero-order valence-corrected chi connectivity index (χ0v) is 15.1. The molecule has 3 rings (SSSR count). The maximum Gasteiger partial charge on any atom is 0.259 e. The van der Waals surface area contributed by atoms with Gasteiger partial charge in [-0.25, -0.2) is 0 Å². The van der Waals surface area contributed by atoms with Crippen LogP contribution < -0.4 is 5.32 Å². The normalized spacial score (nSPS) is 12.5. The van der Waals surface area contributed by atoms with Crippen molar-refractivity contribution in [3.05, 3.63) is 52.6 Å². The van der Waals surface area contributed by atoms with Crippen molar-refractivity contribution >= 4 is 11.6 Å². The number of nitrogens with zero attached hydrogens (tertiary/aromatic N) is 3. The third kappa shape index (κ3) is 3.23. The molecule has 0 bridgehead atoms. The summed E-state index contributed by atoms with van der Waals surface area (Å²) >= 11 is 5.99. The number of rotatable bonds is 5. The van der Waals surface area contributed by atoms with Crippen LogP contribution in [0.1, 0.15) is 24.1 Å². The van der Waals surface area contributed by atoms with E-state index in [0.717, 1.165) is 34.1 Å². The lowest BCUT2D eigenvalue weighted by molar-refractivity contribution is 0.418. The van der Waals surface area contributed by atoms with Gasteiger partial charge in [0.15, 0.2) is 5.82 Å². The van der Waals surface area contributed by atoms with Gasteiger partial charge < -0.3 is 14.4 Å². The van der Waals surface area contributed by atoms with Crippen LogP contribution in [0.3, 0.4) is 0 Å². The Morgan fingerprint density at radius 1 is 1.25 bits per heavy atom. The van der Waals surface area contributed by atoms with Crippen LogP contribution in [0.5, 0.6) is 0 Å².